The Kier molecular flexibility index (Phi) is 5.57. The smallest absolute Gasteiger partial charge is 0.354 e. The second-order valence-electron chi connectivity index (χ2n) is 9.09. The summed E-state index contributed by atoms with van der Waals surface area (Å²) < 4.78 is 38.7. The summed E-state index contributed by atoms with van der Waals surface area (Å²) in [5, 5.41) is 1.22. The summed E-state index contributed by atoms with van der Waals surface area (Å²) in [6.07, 6.45) is -1.78. The molecule has 0 atom stereocenters. The van der Waals surface area contributed by atoms with Crippen molar-refractivity contribution in [3.8, 4) is 22.6 Å². The van der Waals surface area contributed by atoms with Crippen LogP contribution in [0.4, 0.5) is 13.2 Å². The lowest BCUT2D eigenvalue weighted by atomic mass is 10.0. The van der Waals surface area contributed by atoms with Gasteiger partial charge in [0.25, 0.3) is 0 Å². The minimum atomic E-state index is -4.36. The summed E-state index contributed by atoms with van der Waals surface area (Å²) in [6, 6.07) is 23.7. The summed E-state index contributed by atoms with van der Waals surface area (Å²) in [6.45, 7) is 2.34. The van der Waals surface area contributed by atoms with E-state index in [1.807, 2.05) is 30.5 Å². The van der Waals surface area contributed by atoms with Crippen LogP contribution >= 0.6 is 0 Å². The predicted molar refractivity (Wildman–Crippen MR) is 134 cm³/mol. The first-order chi connectivity index (χ1) is 17.5. The molecule has 1 aliphatic rings. The number of nitrogens with one attached hydrogen (secondary N) is 1. The van der Waals surface area contributed by atoms with E-state index in [9.17, 15) is 13.2 Å². The highest BCUT2D eigenvalue weighted by atomic mass is 19.4. The highest BCUT2D eigenvalue weighted by Crippen LogP contribution is 2.33. The van der Waals surface area contributed by atoms with Crippen LogP contribution in [-0.4, -0.2) is 26.4 Å². The van der Waals surface area contributed by atoms with Crippen molar-refractivity contribution in [3.05, 3.63) is 107 Å². The summed E-state index contributed by atoms with van der Waals surface area (Å²) in [4.78, 5) is 15.2. The molecule has 0 radical (unpaired) electrons. The Bertz CT molecular complexity index is 1520. The molecule has 0 aliphatic carbocycles. The molecular weight excluding hydrogens is 461 g/mol. The maximum Gasteiger partial charge on any atom is 0.416 e. The average molecular weight is 485 g/mol. The van der Waals surface area contributed by atoms with Gasteiger partial charge in [-0.15, -0.1) is 0 Å². The molecule has 1 aliphatic heterocycles. The van der Waals surface area contributed by atoms with Gasteiger partial charge in [-0.2, -0.15) is 13.2 Å². The number of hydrogen-bond donors (Lipinski definition) is 1. The summed E-state index contributed by atoms with van der Waals surface area (Å²) in [7, 11) is 0. The molecule has 0 saturated carbocycles. The molecule has 5 aromatic rings. The fourth-order valence-electron chi connectivity index (χ4n) is 4.90. The van der Waals surface area contributed by atoms with Gasteiger partial charge in [0.2, 0.25) is 0 Å². The lowest BCUT2D eigenvalue weighted by molar-refractivity contribution is -0.137. The van der Waals surface area contributed by atoms with Crippen LogP contribution in [0.2, 0.25) is 0 Å². The van der Waals surface area contributed by atoms with E-state index in [1.54, 1.807) is 0 Å². The number of alkyl halides is 3. The first kappa shape index (κ1) is 22.5. The van der Waals surface area contributed by atoms with E-state index < -0.39 is 11.7 Å². The maximum absolute atomic E-state index is 12.9. The van der Waals surface area contributed by atoms with Crippen LogP contribution in [-0.2, 0) is 25.7 Å². The molecule has 0 bridgehead atoms. The quantitative estimate of drug-likeness (QED) is 0.303. The number of aromatic nitrogens is 3. The van der Waals surface area contributed by atoms with E-state index >= 15 is 0 Å². The molecule has 180 valence electrons. The van der Waals surface area contributed by atoms with Crippen molar-refractivity contribution in [3.63, 3.8) is 0 Å². The van der Waals surface area contributed by atoms with E-state index in [2.05, 4.69) is 45.2 Å². The Balaban J connectivity index is 1.26. The third-order valence-corrected chi connectivity index (χ3v) is 6.74. The number of para-hydroxylation sites is 1. The van der Waals surface area contributed by atoms with Gasteiger partial charge >= 0.3 is 6.18 Å². The number of nitrogens with zero attached hydrogens (tertiary/aromatic N) is 3. The van der Waals surface area contributed by atoms with Crippen LogP contribution in [0.5, 0.6) is 0 Å². The number of fused-ring (bicyclic) bond motifs is 2. The van der Waals surface area contributed by atoms with Gasteiger partial charge in [0.1, 0.15) is 0 Å². The van der Waals surface area contributed by atoms with Crippen LogP contribution in [0.1, 0.15) is 22.4 Å². The van der Waals surface area contributed by atoms with Crippen LogP contribution in [0.3, 0.4) is 0 Å². The zero-order valence-corrected chi connectivity index (χ0v) is 19.4. The van der Waals surface area contributed by atoms with Crippen molar-refractivity contribution in [1.29, 1.82) is 0 Å². The van der Waals surface area contributed by atoms with Crippen LogP contribution < -0.4 is 0 Å². The molecule has 2 aromatic heterocycles. The van der Waals surface area contributed by atoms with Crippen molar-refractivity contribution in [2.75, 3.05) is 6.54 Å². The molecule has 4 nitrogen and oxygen atoms in total. The van der Waals surface area contributed by atoms with Gasteiger partial charge < -0.3 is 4.98 Å². The number of halogens is 3. The number of benzene rings is 3. The van der Waals surface area contributed by atoms with E-state index in [4.69, 9.17) is 4.98 Å². The molecule has 3 heterocycles. The Morgan fingerprint density at radius 3 is 2.39 bits per heavy atom. The Hall–Kier alpha value is -3.97. The number of H-pyrrole nitrogens is 1. The molecule has 3 aromatic carbocycles. The zero-order chi connectivity index (χ0) is 24.7. The molecule has 1 N–H and O–H groups in total. The van der Waals surface area contributed by atoms with Gasteiger partial charge in [0, 0.05) is 54.3 Å². The molecule has 0 unspecified atom stereocenters. The van der Waals surface area contributed by atoms with Gasteiger partial charge in [-0.1, -0.05) is 60.7 Å². The third kappa shape index (κ3) is 4.27. The normalized spacial score (nSPS) is 14.2. The minimum Gasteiger partial charge on any atom is -0.354 e. The van der Waals surface area contributed by atoms with Crippen LogP contribution in [0.15, 0.2) is 85.1 Å². The average Bonchev–Trinajstić information content (AvgIpc) is 3.27. The lowest BCUT2D eigenvalue weighted by Crippen LogP contribution is -2.31. The van der Waals surface area contributed by atoms with Gasteiger partial charge in [-0.3, -0.25) is 4.90 Å². The lowest BCUT2D eigenvalue weighted by Gasteiger charge is -2.28. The fourth-order valence-corrected chi connectivity index (χ4v) is 4.90. The van der Waals surface area contributed by atoms with Crippen molar-refractivity contribution in [1.82, 2.24) is 19.9 Å². The molecule has 0 amide bonds. The van der Waals surface area contributed by atoms with E-state index in [0.717, 1.165) is 66.2 Å². The first-order valence-corrected chi connectivity index (χ1v) is 11.9. The first-order valence-electron chi connectivity index (χ1n) is 11.9. The SMILES string of the molecule is FC(F)(F)c1ccc(-c2ncc3c(n2)CCN(Cc2c(-c4ccccc4)[nH]c4ccccc24)C3)cc1. The molecule has 0 spiro atoms. The van der Waals surface area contributed by atoms with Gasteiger partial charge in [0.05, 0.1) is 17.0 Å². The number of aromatic amines is 1. The number of hydrogen-bond acceptors (Lipinski definition) is 3. The predicted octanol–water partition coefficient (Wildman–Crippen LogP) is 6.87. The summed E-state index contributed by atoms with van der Waals surface area (Å²) in [5.74, 6) is 0.457. The van der Waals surface area contributed by atoms with E-state index in [1.165, 1.54) is 23.1 Å². The molecule has 36 heavy (non-hydrogen) atoms. The van der Waals surface area contributed by atoms with Crippen molar-refractivity contribution in [2.24, 2.45) is 0 Å². The molecule has 0 fully saturated rings. The largest absolute Gasteiger partial charge is 0.416 e. The second kappa shape index (κ2) is 8.91. The third-order valence-electron chi connectivity index (χ3n) is 6.74. The fraction of sp³-hybridized carbons (Fsp3) is 0.172. The van der Waals surface area contributed by atoms with Crippen LogP contribution in [0, 0.1) is 0 Å². The molecule has 0 saturated heterocycles. The standard InChI is InChI=1S/C29H23F3N4/c30-29(31,32)22-12-10-20(11-13-22)28-33-16-21-17-36(15-14-25(21)35-28)18-24-23-8-4-5-9-26(23)34-27(24)19-6-2-1-3-7-19/h1-13,16,34H,14-15,17-18H2. The summed E-state index contributed by atoms with van der Waals surface area (Å²) >= 11 is 0. The second-order valence-corrected chi connectivity index (χ2v) is 9.09. The number of rotatable bonds is 4. The Morgan fingerprint density at radius 2 is 1.61 bits per heavy atom. The van der Waals surface area contributed by atoms with Crippen molar-refractivity contribution < 1.29 is 13.2 Å². The highest BCUT2D eigenvalue weighted by molar-refractivity contribution is 5.90. The van der Waals surface area contributed by atoms with Crippen molar-refractivity contribution >= 4 is 10.9 Å². The van der Waals surface area contributed by atoms with Gasteiger partial charge in [0.15, 0.2) is 5.82 Å². The summed E-state index contributed by atoms with van der Waals surface area (Å²) in [5.41, 5.74) is 6.60. The van der Waals surface area contributed by atoms with Crippen LogP contribution in [0.25, 0.3) is 33.5 Å². The monoisotopic (exact) mass is 484 g/mol. The molecular formula is C29H23F3N4. The maximum atomic E-state index is 12.9. The van der Waals surface area contributed by atoms with Gasteiger partial charge in [-0.05, 0) is 29.3 Å². The molecule has 7 heteroatoms. The Labute approximate surface area is 206 Å². The minimum absolute atomic E-state index is 0.457. The van der Waals surface area contributed by atoms with E-state index in [0.29, 0.717) is 11.4 Å². The van der Waals surface area contributed by atoms with E-state index in [-0.39, 0.29) is 0 Å². The topological polar surface area (TPSA) is 44.8 Å². The Morgan fingerprint density at radius 1 is 0.861 bits per heavy atom. The van der Waals surface area contributed by atoms with Crippen molar-refractivity contribution in [2.45, 2.75) is 25.7 Å². The van der Waals surface area contributed by atoms with Gasteiger partial charge in [-0.25, -0.2) is 9.97 Å². The zero-order valence-electron chi connectivity index (χ0n) is 19.4. The molecule has 6 rings (SSSR count). The highest BCUT2D eigenvalue weighted by Gasteiger charge is 2.30.